The van der Waals surface area contributed by atoms with Crippen LogP contribution in [-0.4, -0.2) is 61.7 Å². The zero-order valence-electron chi connectivity index (χ0n) is 12.8. The largest absolute Gasteiger partial charge is 0.353 e. The monoisotopic (exact) mass is 341 g/mol. The normalized spacial score (nSPS) is 14.8. The van der Waals surface area contributed by atoms with Crippen molar-refractivity contribution < 1.29 is 4.79 Å². The maximum absolute atomic E-state index is 12.4. The third kappa shape index (κ3) is 2.85. The van der Waals surface area contributed by atoms with Crippen LogP contribution < -0.4 is 4.90 Å². The van der Waals surface area contributed by atoms with E-state index in [-0.39, 0.29) is 5.91 Å². The Kier molecular flexibility index (Phi) is 3.91. The Balaban J connectivity index is 1.44. The van der Waals surface area contributed by atoms with Crippen LogP contribution in [0.3, 0.4) is 0 Å². The van der Waals surface area contributed by atoms with Gasteiger partial charge < -0.3 is 9.80 Å². The molecular weight excluding hydrogens is 326 g/mol. The van der Waals surface area contributed by atoms with Gasteiger partial charge in [0.05, 0.1) is 5.56 Å². The molecule has 0 N–H and O–H groups in total. The molecule has 1 aliphatic heterocycles. The Hall–Kier alpha value is -2.81. The van der Waals surface area contributed by atoms with Crippen molar-refractivity contribution in [2.45, 2.75) is 0 Å². The maximum atomic E-state index is 12.4. The fourth-order valence-corrected chi connectivity index (χ4v) is 3.30. The van der Waals surface area contributed by atoms with E-state index in [9.17, 15) is 4.79 Å². The fourth-order valence-electron chi connectivity index (χ4n) is 2.67. The Morgan fingerprint density at radius 1 is 1.08 bits per heavy atom. The molecule has 122 valence electrons. The molecule has 1 amide bonds. The van der Waals surface area contributed by atoms with Gasteiger partial charge in [-0.15, -0.1) is 0 Å². The third-order valence-corrected chi connectivity index (χ3v) is 4.63. The average Bonchev–Trinajstić information content (AvgIpc) is 3.35. The number of aromatic nitrogens is 5. The standard InChI is InChI=1S/C15H15N7OS/c23-15(12-1-6-24-8-12)21-4-2-20(3-5-21)13-7-14(18-10-17-13)22-11-16-9-19-22/h1,6-11H,2-5H2. The molecule has 8 nitrogen and oxygen atoms in total. The summed E-state index contributed by atoms with van der Waals surface area (Å²) in [5, 5.41) is 7.90. The van der Waals surface area contributed by atoms with Crippen LogP contribution in [-0.2, 0) is 0 Å². The van der Waals surface area contributed by atoms with E-state index in [1.807, 2.05) is 27.8 Å². The first-order valence-electron chi connectivity index (χ1n) is 7.55. The summed E-state index contributed by atoms with van der Waals surface area (Å²) in [6.07, 6.45) is 4.59. The quantitative estimate of drug-likeness (QED) is 0.709. The molecular formula is C15H15N7OS. The van der Waals surface area contributed by atoms with Gasteiger partial charge in [0.15, 0.2) is 5.82 Å². The van der Waals surface area contributed by atoms with Gasteiger partial charge in [-0.05, 0) is 11.4 Å². The molecule has 0 bridgehead atoms. The number of anilines is 1. The Morgan fingerprint density at radius 3 is 2.62 bits per heavy atom. The van der Waals surface area contributed by atoms with Crippen molar-refractivity contribution in [2.75, 3.05) is 31.1 Å². The van der Waals surface area contributed by atoms with E-state index in [1.165, 1.54) is 12.7 Å². The Bertz CT molecular complexity index is 810. The van der Waals surface area contributed by atoms with E-state index in [4.69, 9.17) is 0 Å². The number of carbonyl (C=O) groups excluding carboxylic acids is 1. The van der Waals surface area contributed by atoms with Gasteiger partial charge in [0.1, 0.15) is 24.8 Å². The van der Waals surface area contributed by atoms with Crippen molar-refractivity contribution in [1.29, 1.82) is 0 Å². The van der Waals surface area contributed by atoms with Gasteiger partial charge in [-0.1, -0.05) is 0 Å². The molecule has 0 aliphatic carbocycles. The van der Waals surface area contributed by atoms with E-state index in [0.717, 1.165) is 24.5 Å². The number of piperazine rings is 1. The molecule has 4 rings (SSSR count). The van der Waals surface area contributed by atoms with E-state index in [1.54, 1.807) is 22.3 Å². The Morgan fingerprint density at radius 2 is 1.92 bits per heavy atom. The van der Waals surface area contributed by atoms with E-state index < -0.39 is 0 Å². The van der Waals surface area contributed by atoms with Crippen LogP contribution in [0.1, 0.15) is 10.4 Å². The molecule has 1 saturated heterocycles. The second kappa shape index (κ2) is 6.36. The highest BCUT2D eigenvalue weighted by molar-refractivity contribution is 7.08. The molecule has 0 aromatic carbocycles. The zero-order valence-corrected chi connectivity index (χ0v) is 13.6. The summed E-state index contributed by atoms with van der Waals surface area (Å²) < 4.78 is 1.60. The first-order chi connectivity index (χ1) is 11.8. The van der Waals surface area contributed by atoms with Crippen LogP contribution in [0, 0.1) is 0 Å². The first kappa shape index (κ1) is 14.8. The van der Waals surface area contributed by atoms with Crippen LogP contribution in [0.15, 0.2) is 41.9 Å². The number of amides is 1. The van der Waals surface area contributed by atoms with Gasteiger partial charge in [-0.3, -0.25) is 4.79 Å². The molecule has 3 aromatic rings. The van der Waals surface area contributed by atoms with Gasteiger partial charge in [0, 0.05) is 37.6 Å². The van der Waals surface area contributed by atoms with Gasteiger partial charge in [-0.2, -0.15) is 16.4 Å². The second-order valence-corrected chi connectivity index (χ2v) is 6.15. The summed E-state index contributed by atoms with van der Waals surface area (Å²) in [7, 11) is 0. The lowest BCUT2D eigenvalue weighted by Gasteiger charge is -2.35. The molecule has 0 saturated carbocycles. The lowest BCUT2D eigenvalue weighted by Crippen LogP contribution is -2.49. The van der Waals surface area contributed by atoms with Gasteiger partial charge >= 0.3 is 0 Å². The highest BCUT2D eigenvalue weighted by Gasteiger charge is 2.23. The van der Waals surface area contributed by atoms with Gasteiger partial charge in [0.25, 0.3) is 5.91 Å². The second-order valence-electron chi connectivity index (χ2n) is 5.37. The summed E-state index contributed by atoms with van der Waals surface area (Å²) in [6.45, 7) is 2.84. The van der Waals surface area contributed by atoms with Crippen molar-refractivity contribution in [3.05, 3.63) is 47.4 Å². The Labute approximate surface area is 142 Å². The lowest BCUT2D eigenvalue weighted by molar-refractivity contribution is 0.0747. The van der Waals surface area contributed by atoms with E-state index in [2.05, 4.69) is 25.0 Å². The number of carbonyl (C=O) groups is 1. The van der Waals surface area contributed by atoms with Gasteiger partial charge in [0.2, 0.25) is 0 Å². The molecule has 1 aliphatic rings. The van der Waals surface area contributed by atoms with Crippen molar-refractivity contribution in [3.63, 3.8) is 0 Å². The number of rotatable bonds is 3. The minimum Gasteiger partial charge on any atom is -0.353 e. The highest BCUT2D eigenvalue weighted by Crippen LogP contribution is 2.17. The van der Waals surface area contributed by atoms with Crippen molar-refractivity contribution in [2.24, 2.45) is 0 Å². The van der Waals surface area contributed by atoms with Crippen molar-refractivity contribution >= 4 is 23.1 Å². The molecule has 3 aromatic heterocycles. The number of hydrogen-bond acceptors (Lipinski definition) is 7. The topological polar surface area (TPSA) is 80.0 Å². The van der Waals surface area contributed by atoms with Crippen LogP contribution in [0.5, 0.6) is 0 Å². The summed E-state index contributed by atoms with van der Waals surface area (Å²) in [4.78, 5) is 28.9. The molecule has 0 radical (unpaired) electrons. The first-order valence-corrected chi connectivity index (χ1v) is 8.49. The summed E-state index contributed by atoms with van der Waals surface area (Å²) in [5.41, 5.74) is 0.768. The smallest absolute Gasteiger partial charge is 0.254 e. The molecule has 1 fully saturated rings. The number of hydrogen-bond donors (Lipinski definition) is 0. The van der Waals surface area contributed by atoms with Crippen LogP contribution in [0.4, 0.5) is 5.82 Å². The van der Waals surface area contributed by atoms with Crippen LogP contribution in [0.2, 0.25) is 0 Å². The van der Waals surface area contributed by atoms with E-state index in [0.29, 0.717) is 18.9 Å². The highest BCUT2D eigenvalue weighted by atomic mass is 32.1. The molecule has 4 heterocycles. The fraction of sp³-hybridized carbons (Fsp3) is 0.267. The predicted octanol–water partition coefficient (Wildman–Crippen LogP) is 1.08. The summed E-state index contributed by atoms with van der Waals surface area (Å²) in [5.74, 6) is 1.61. The minimum absolute atomic E-state index is 0.0990. The SMILES string of the molecule is O=C(c1ccsc1)N1CCN(c2cc(-n3cncn3)ncn2)CC1. The molecule has 0 atom stereocenters. The predicted molar refractivity (Wildman–Crippen MR) is 89.4 cm³/mol. The number of nitrogens with zero attached hydrogens (tertiary/aromatic N) is 7. The van der Waals surface area contributed by atoms with Crippen LogP contribution in [0.25, 0.3) is 5.82 Å². The minimum atomic E-state index is 0.0990. The molecule has 9 heteroatoms. The van der Waals surface area contributed by atoms with Crippen molar-refractivity contribution in [1.82, 2.24) is 29.6 Å². The van der Waals surface area contributed by atoms with Crippen molar-refractivity contribution in [3.8, 4) is 5.82 Å². The third-order valence-electron chi connectivity index (χ3n) is 3.95. The zero-order chi connectivity index (χ0) is 16.4. The molecule has 0 spiro atoms. The van der Waals surface area contributed by atoms with Gasteiger partial charge in [-0.25, -0.2) is 19.6 Å². The lowest BCUT2D eigenvalue weighted by atomic mass is 10.2. The number of thiophene rings is 1. The maximum Gasteiger partial charge on any atom is 0.254 e. The molecule has 24 heavy (non-hydrogen) atoms. The van der Waals surface area contributed by atoms with Crippen LogP contribution >= 0.6 is 11.3 Å². The summed E-state index contributed by atoms with van der Waals surface area (Å²) in [6, 6.07) is 3.75. The van der Waals surface area contributed by atoms with E-state index >= 15 is 0 Å². The molecule has 0 unspecified atom stereocenters. The summed E-state index contributed by atoms with van der Waals surface area (Å²) >= 11 is 1.54. The average molecular weight is 341 g/mol.